The number of hydrogen-bond acceptors (Lipinski definition) is 8. The van der Waals surface area contributed by atoms with Crippen LogP contribution in [-0.4, -0.2) is 58.4 Å². The number of fused-ring (bicyclic) bond motifs is 1. The van der Waals surface area contributed by atoms with Crippen molar-refractivity contribution in [3.8, 4) is 22.5 Å². The molecule has 0 bridgehead atoms. The van der Waals surface area contributed by atoms with E-state index < -0.39 is 0 Å². The number of benzene rings is 1. The lowest BCUT2D eigenvalue weighted by atomic mass is 9.99. The molecule has 8 nitrogen and oxygen atoms in total. The molecule has 2 aliphatic rings. The molecule has 3 N–H and O–H groups in total. The molecule has 202 valence electrons. The number of aromatic nitrogens is 3. The van der Waals surface area contributed by atoms with E-state index in [0.717, 1.165) is 85.6 Å². The fraction of sp³-hybridized carbons (Fsp3) is 0.370. The second-order valence-corrected chi connectivity index (χ2v) is 9.64. The van der Waals surface area contributed by atoms with Crippen LogP contribution in [0.25, 0.3) is 33.6 Å². The number of halogens is 3. The van der Waals surface area contributed by atoms with Crippen molar-refractivity contribution in [2.24, 2.45) is 5.73 Å². The number of nitrogens with two attached hydrogens (primary N) is 1. The molecule has 0 aliphatic carbocycles. The predicted octanol–water partition coefficient (Wildman–Crippen LogP) is 4.82. The Kier molecular flexibility index (Phi) is 8.72. The third kappa shape index (κ3) is 5.42. The molecule has 5 heterocycles. The summed E-state index contributed by atoms with van der Waals surface area (Å²) in [6, 6.07) is 10.6. The Hall–Kier alpha value is -2.98. The van der Waals surface area contributed by atoms with Crippen LogP contribution < -0.4 is 15.5 Å². The predicted molar refractivity (Wildman–Crippen MR) is 152 cm³/mol. The van der Waals surface area contributed by atoms with E-state index in [1.165, 1.54) is 18.5 Å². The van der Waals surface area contributed by atoms with E-state index in [2.05, 4.69) is 19.8 Å². The molecule has 0 amide bonds. The van der Waals surface area contributed by atoms with E-state index in [1.54, 1.807) is 18.3 Å². The highest BCUT2D eigenvalue weighted by molar-refractivity contribution is 6.06. The Bertz CT molecular complexity index is 1350. The highest BCUT2D eigenvalue weighted by Crippen LogP contribution is 2.43. The molecule has 3 aromatic heterocycles. The van der Waals surface area contributed by atoms with Crippen molar-refractivity contribution in [3.63, 3.8) is 0 Å². The monoisotopic (exact) mass is 560 g/mol. The molecule has 0 atom stereocenters. The third-order valence-corrected chi connectivity index (χ3v) is 7.24. The van der Waals surface area contributed by atoms with Crippen LogP contribution in [0.3, 0.4) is 0 Å². The van der Waals surface area contributed by atoms with Crippen molar-refractivity contribution in [2.75, 3.05) is 36.0 Å². The van der Waals surface area contributed by atoms with E-state index in [-0.39, 0.29) is 42.8 Å². The number of furan rings is 1. The summed E-state index contributed by atoms with van der Waals surface area (Å²) in [5.41, 5.74) is 9.08. The van der Waals surface area contributed by atoms with Gasteiger partial charge in [0.25, 0.3) is 0 Å². The van der Waals surface area contributed by atoms with Crippen molar-refractivity contribution in [3.05, 3.63) is 54.7 Å². The van der Waals surface area contributed by atoms with Crippen LogP contribution in [0.15, 0.2) is 53.3 Å². The van der Waals surface area contributed by atoms with Crippen molar-refractivity contribution in [1.29, 1.82) is 0 Å². The molecule has 1 aromatic carbocycles. The molecule has 0 spiro atoms. The molecular formula is C27H31Cl2FN6O2. The van der Waals surface area contributed by atoms with Gasteiger partial charge < -0.3 is 25.1 Å². The van der Waals surface area contributed by atoms with Crippen LogP contribution in [0.4, 0.5) is 16.0 Å². The van der Waals surface area contributed by atoms with Gasteiger partial charge in [-0.05, 0) is 55.5 Å². The van der Waals surface area contributed by atoms with Crippen LogP contribution in [0.5, 0.6) is 0 Å². The van der Waals surface area contributed by atoms with Gasteiger partial charge in [-0.15, -0.1) is 24.8 Å². The molecule has 0 saturated carbocycles. The first-order valence-corrected chi connectivity index (χ1v) is 12.5. The summed E-state index contributed by atoms with van der Waals surface area (Å²) >= 11 is 0. The molecular weight excluding hydrogens is 530 g/mol. The Balaban J connectivity index is 0.00000168. The van der Waals surface area contributed by atoms with E-state index in [4.69, 9.17) is 15.1 Å². The number of aliphatic hydroxyl groups is 1. The Labute approximate surface area is 232 Å². The summed E-state index contributed by atoms with van der Waals surface area (Å²) in [5.74, 6) is 2.00. The van der Waals surface area contributed by atoms with Crippen molar-refractivity contribution >= 4 is 47.5 Å². The highest BCUT2D eigenvalue weighted by atomic mass is 35.5. The number of hydrogen-bond donors (Lipinski definition) is 2. The number of rotatable bonds is 4. The van der Waals surface area contributed by atoms with E-state index in [9.17, 15) is 9.50 Å². The zero-order valence-electron chi connectivity index (χ0n) is 20.8. The van der Waals surface area contributed by atoms with Crippen molar-refractivity contribution in [2.45, 2.75) is 37.8 Å². The minimum absolute atomic E-state index is 0. The normalized spacial score (nSPS) is 16.8. The van der Waals surface area contributed by atoms with Gasteiger partial charge in [0.1, 0.15) is 29.5 Å². The van der Waals surface area contributed by atoms with Gasteiger partial charge in [0.2, 0.25) is 5.71 Å². The average molecular weight is 561 g/mol. The Morgan fingerprint density at radius 3 is 2.16 bits per heavy atom. The molecule has 6 rings (SSSR count). The minimum Gasteiger partial charge on any atom is -0.437 e. The van der Waals surface area contributed by atoms with Crippen molar-refractivity contribution < 1.29 is 13.9 Å². The Morgan fingerprint density at radius 1 is 0.842 bits per heavy atom. The summed E-state index contributed by atoms with van der Waals surface area (Å²) < 4.78 is 20.2. The molecule has 2 fully saturated rings. The lowest BCUT2D eigenvalue weighted by Gasteiger charge is -2.31. The first-order chi connectivity index (χ1) is 17.6. The smallest absolute Gasteiger partial charge is 0.232 e. The van der Waals surface area contributed by atoms with Crippen molar-refractivity contribution in [1.82, 2.24) is 15.0 Å². The minimum atomic E-state index is -0.299. The average Bonchev–Trinajstić information content (AvgIpc) is 3.30. The SMILES string of the molecule is Cl.Cl.NC1CCN(c2ncnc3oc(-c4ccc(N5CCC(O)CC5)nc4)c(-c4ccc(F)cc4)c23)CC1. The van der Waals surface area contributed by atoms with Gasteiger partial charge in [-0.3, -0.25) is 0 Å². The topological polar surface area (TPSA) is 105 Å². The summed E-state index contributed by atoms with van der Waals surface area (Å²) in [5, 5.41) is 10.6. The van der Waals surface area contributed by atoms with Crippen LogP contribution in [0, 0.1) is 5.82 Å². The highest BCUT2D eigenvalue weighted by Gasteiger charge is 2.27. The number of pyridine rings is 1. The van der Waals surface area contributed by atoms with E-state index >= 15 is 0 Å². The van der Waals surface area contributed by atoms with E-state index in [0.29, 0.717) is 11.5 Å². The number of piperidine rings is 2. The first-order valence-electron chi connectivity index (χ1n) is 12.5. The van der Waals surface area contributed by atoms with Crippen LogP contribution >= 0.6 is 24.8 Å². The lowest BCUT2D eigenvalue weighted by molar-refractivity contribution is 0.145. The fourth-order valence-electron chi connectivity index (χ4n) is 5.17. The van der Waals surface area contributed by atoms with Gasteiger partial charge in [-0.2, -0.15) is 0 Å². The molecule has 2 saturated heterocycles. The molecule has 2 aliphatic heterocycles. The van der Waals surface area contributed by atoms with Crippen LogP contribution in [-0.2, 0) is 0 Å². The fourth-order valence-corrected chi connectivity index (χ4v) is 5.17. The van der Waals surface area contributed by atoms with Gasteiger partial charge >= 0.3 is 0 Å². The molecule has 0 unspecified atom stereocenters. The van der Waals surface area contributed by atoms with Gasteiger partial charge in [0.05, 0.1) is 11.5 Å². The van der Waals surface area contributed by atoms with Crippen LogP contribution in [0.1, 0.15) is 25.7 Å². The molecule has 4 aromatic rings. The zero-order valence-corrected chi connectivity index (χ0v) is 22.4. The number of anilines is 2. The maximum Gasteiger partial charge on any atom is 0.232 e. The molecule has 0 radical (unpaired) electrons. The van der Waals surface area contributed by atoms with Gasteiger partial charge in [-0.1, -0.05) is 12.1 Å². The summed E-state index contributed by atoms with van der Waals surface area (Å²) in [6.45, 7) is 3.16. The lowest BCUT2D eigenvalue weighted by Crippen LogP contribution is -2.40. The van der Waals surface area contributed by atoms with Gasteiger partial charge in [-0.25, -0.2) is 19.3 Å². The maximum absolute atomic E-state index is 13.8. The summed E-state index contributed by atoms with van der Waals surface area (Å²) in [4.78, 5) is 18.2. The van der Waals surface area contributed by atoms with E-state index in [1.807, 2.05) is 12.1 Å². The second-order valence-electron chi connectivity index (χ2n) is 9.64. The first kappa shape index (κ1) is 28.0. The van der Waals surface area contributed by atoms with Gasteiger partial charge in [0.15, 0.2) is 0 Å². The quantitative estimate of drug-likeness (QED) is 0.366. The second kappa shape index (κ2) is 11.8. The summed E-state index contributed by atoms with van der Waals surface area (Å²) in [7, 11) is 0. The number of nitrogens with zero attached hydrogens (tertiary/aromatic N) is 5. The zero-order chi connectivity index (χ0) is 24.6. The largest absolute Gasteiger partial charge is 0.437 e. The van der Waals surface area contributed by atoms with Gasteiger partial charge in [0, 0.05) is 49.5 Å². The molecule has 38 heavy (non-hydrogen) atoms. The maximum atomic E-state index is 13.8. The molecule has 11 heteroatoms. The Morgan fingerprint density at radius 2 is 1.50 bits per heavy atom. The number of aliphatic hydroxyl groups excluding tert-OH is 1. The standard InChI is InChI=1S/C27H29FN6O2.2ClH/c28-19-4-1-17(2-5-19)23-24-26(34-11-7-20(29)8-12-34)31-16-32-27(24)36-25(23)18-3-6-22(30-15-18)33-13-9-21(35)10-14-33;;/h1-6,15-16,20-21,35H,7-14,29H2;2*1H. The summed E-state index contributed by atoms with van der Waals surface area (Å²) in [6.07, 6.45) is 6.36. The van der Waals surface area contributed by atoms with Crippen LogP contribution in [0.2, 0.25) is 0 Å². The third-order valence-electron chi connectivity index (χ3n) is 7.24.